The SMILES string of the molecule is Cc1nnc(NCCOC2CCNCC2)c2ccccc12. The Balaban J connectivity index is 1.57. The zero-order valence-electron chi connectivity index (χ0n) is 12.4. The maximum absolute atomic E-state index is 5.89. The fraction of sp³-hybridized carbons (Fsp3) is 0.500. The molecular weight excluding hydrogens is 264 g/mol. The van der Waals surface area contributed by atoms with Crippen molar-refractivity contribution >= 4 is 16.6 Å². The van der Waals surface area contributed by atoms with E-state index in [1.807, 2.05) is 19.1 Å². The predicted octanol–water partition coefficient (Wildman–Crippen LogP) is 2.12. The second kappa shape index (κ2) is 6.83. The number of ether oxygens (including phenoxy) is 1. The molecule has 0 amide bonds. The average Bonchev–Trinajstić information content (AvgIpc) is 2.55. The maximum Gasteiger partial charge on any atom is 0.156 e. The lowest BCUT2D eigenvalue weighted by Gasteiger charge is -2.23. The smallest absolute Gasteiger partial charge is 0.156 e. The highest BCUT2D eigenvalue weighted by Gasteiger charge is 2.12. The van der Waals surface area contributed by atoms with Crippen molar-refractivity contribution in [3.63, 3.8) is 0 Å². The van der Waals surface area contributed by atoms with E-state index in [2.05, 4.69) is 33.0 Å². The van der Waals surface area contributed by atoms with Gasteiger partial charge in [-0.05, 0) is 32.9 Å². The van der Waals surface area contributed by atoms with Gasteiger partial charge in [0.1, 0.15) is 0 Å². The van der Waals surface area contributed by atoms with Crippen LogP contribution >= 0.6 is 0 Å². The fourth-order valence-corrected chi connectivity index (χ4v) is 2.73. The molecule has 1 saturated heterocycles. The summed E-state index contributed by atoms with van der Waals surface area (Å²) in [5, 5.41) is 17.4. The van der Waals surface area contributed by atoms with E-state index in [9.17, 15) is 0 Å². The molecule has 3 rings (SSSR count). The molecular formula is C16H22N4O. The van der Waals surface area contributed by atoms with Gasteiger partial charge < -0.3 is 15.4 Å². The van der Waals surface area contributed by atoms with Gasteiger partial charge in [0.15, 0.2) is 5.82 Å². The Hall–Kier alpha value is -1.72. The van der Waals surface area contributed by atoms with E-state index in [0.717, 1.165) is 54.8 Å². The van der Waals surface area contributed by atoms with Gasteiger partial charge in [-0.15, -0.1) is 5.10 Å². The molecule has 1 aliphatic heterocycles. The highest BCUT2D eigenvalue weighted by molar-refractivity contribution is 5.92. The van der Waals surface area contributed by atoms with Crippen LogP contribution in [0.2, 0.25) is 0 Å². The second-order valence-corrected chi connectivity index (χ2v) is 5.43. The lowest BCUT2D eigenvalue weighted by molar-refractivity contribution is 0.0394. The molecule has 1 aromatic heterocycles. The summed E-state index contributed by atoms with van der Waals surface area (Å²) in [7, 11) is 0. The Morgan fingerprint density at radius 2 is 1.95 bits per heavy atom. The van der Waals surface area contributed by atoms with Gasteiger partial charge in [0.25, 0.3) is 0 Å². The number of benzene rings is 1. The van der Waals surface area contributed by atoms with Gasteiger partial charge >= 0.3 is 0 Å². The van der Waals surface area contributed by atoms with Crippen LogP contribution in [-0.2, 0) is 4.74 Å². The third-order valence-electron chi connectivity index (χ3n) is 3.91. The summed E-state index contributed by atoms with van der Waals surface area (Å²) < 4.78 is 5.89. The zero-order chi connectivity index (χ0) is 14.5. The number of aromatic nitrogens is 2. The summed E-state index contributed by atoms with van der Waals surface area (Å²) in [5.74, 6) is 0.838. The van der Waals surface area contributed by atoms with Gasteiger partial charge in [0.05, 0.1) is 18.4 Å². The Labute approximate surface area is 125 Å². The summed E-state index contributed by atoms with van der Waals surface area (Å²) in [4.78, 5) is 0. The van der Waals surface area contributed by atoms with Crippen LogP contribution in [0.3, 0.4) is 0 Å². The first-order valence-electron chi connectivity index (χ1n) is 7.63. The van der Waals surface area contributed by atoms with E-state index < -0.39 is 0 Å². The predicted molar refractivity (Wildman–Crippen MR) is 84.6 cm³/mol. The van der Waals surface area contributed by atoms with E-state index in [-0.39, 0.29) is 0 Å². The van der Waals surface area contributed by atoms with Gasteiger partial charge in [-0.2, -0.15) is 5.10 Å². The number of aryl methyl sites for hydroxylation is 1. The van der Waals surface area contributed by atoms with E-state index in [1.54, 1.807) is 0 Å². The Kier molecular flexibility index (Phi) is 4.62. The van der Waals surface area contributed by atoms with Crippen LogP contribution in [0.5, 0.6) is 0 Å². The largest absolute Gasteiger partial charge is 0.376 e. The molecule has 0 radical (unpaired) electrons. The van der Waals surface area contributed by atoms with Crippen molar-refractivity contribution in [1.82, 2.24) is 15.5 Å². The molecule has 2 N–H and O–H groups in total. The number of nitrogens with one attached hydrogen (secondary N) is 2. The van der Waals surface area contributed by atoms with Crippen LogP contribution < -0.4 is 10.6 Å². The minimum atomic E-state index is 0.397. The number of fused-ring (bicyclic) bond motifs is 1. The lowest BCUT2D eigenvalue weighted by atomic mass is 10.1. The molecule has 0 bridgehead atoms. The van der Waals surface area contributed by atoms with Crippen LogP contribution in [0.4, 0.5) is 5.82 Å². The molecule has 21 heavy (non-hydrogen) atoms. The topological polar surface area (TPSA) is 59.1 Å². The van der Waals surface area contributed by atoms with E-state index >= 15 is 0 Å². The summed E-state index contributed by atoms with van der Waals surface area (Å²) in [6.07, 6.45) is 2.61. The third kappa shape index (κ3) is 3.49. The van der Waals surface area contributed by atoms with E-state index in [0.29, 0.717) is 12.7 Å². The molecule has 1 aliphatic rings. The number of piperidine rings is 1. The van der Waals surface area contributed by atoms with Crippen LogP contribution in [0.25, 0.3) is 10.8 Å². The monoisotopic (exact) mass is 286 g/mol. The van der Waals surface area contributed by atoms with Crippen molar-refractivity contribution in [2.24, 2.45) is 0 Å². The molecule has 0 atom stereocenters. The molecule has 1 aromatic carbocycles. The molecule has 0 spiro atoms. The number of nitrogens with zero attached hydrogens (tertiary/aromatic N) is 2. The molecule has 5 heteroatoms. The summed E-state index contributed by atoms with van der Waals surface area (Å²) in [6.45, 7) is 5.57. The highest BCUT2D eigenvalue weighted by Crippen LogP contribution is 2.21. The molecule has 5 nitrogen and oxygen atoms in total. The second-order valence-electron chi connectivity index (χ2n) is 5.43. The zero-order valence-corrected chi connectivity index (χ0v) is 12.4. The minimum absolute atomic E-state index is 0.397. The normalized spacial score (nSPS) is 16.2. The molecule has 0 saturated carbocycles. The van der Waals surface area contributed by atoms with Gasteiger partial charge in [0, 0.05) is 17.3 Å². The molecule has 112 valence electrons. The minimum Gasteiger partial charge on any atom is -0.376 e. The lowest BCUT2D eigenvalue weighted by Crippen LogP contribution is -2.33. The Morgan fingerprint density at radius 1 is 1.19 bits per heavy atom. The summed E-state index contributed by atoms with van der Waals surface area (Å²) >= 11 is 0. The summed E-state index contributed by atoms with van der Waals surface area (Å²) in [5.41, 5.74) is 0.960. The van der Waals surface area contributed by atoms with Crippen LogP contribution in [0.15, 0.2) is 24.3 Å². The first-order valence-corrected chi connectivity index (χ1v) is 7.63. The van der Waals surface area contributed by atoms with Crippen molar-refractivity contribution in [2.45, 2.75) is 25.9 Å². The number of rotatable bonds is 5. The average molecular weight is 286 g/mol. The van der Waals surface area contributed by atoms with E-state index in [1.165, 1.54) is 0 Å². The standard InChI is InChI=1S/C16H22N4O/c1-12-14-4-2-3-5-15(14)16(20-19-12)18-10-11-21-13-6-8-17-9-7-13/h2-5,13,17H,6-11H2,1H3,(H,18,20). The first-order chi connectivity index (χ1) is 10.3. The van der Waals surface area contributed by atoms with Gasteiger partial charge in [-0.25, -0.2) is 0 Å². The number of anilines is 1. The Bertz CT molecular complexity index is 596. The highest BCUT2D eigenvalue weighted by atomic mass is 16.5. The maximum atomic E-state index is 5.89. The van der Waals surface area contributed by atoms with Gasteiger partial charge in [-0.1, -0.05) is 24.3 Å². The van der Waals surface area contributed by atoms with Crippen molar-refractivity contribution in [1.29, 1.82) is 0 Å². The first kappa shape index (κ1) is 14.2. The quantitative estimate of drug-likeness (QED) is 0.825. The number of hydrogen-bond acceptors (Lipinski definition) is 5. The Morgan fingerprint density at radius 3 is 2.76 bits per heavy atom. The third-order valence-corrected chi connectivity index (χ3v) is 3.91. The van der Waals surface area contributed by atoms with E-state index in [4.69, 9.17) is 4.74 Å². The fourth-order valence-electron chi connectivity index (χ4n) is 2.73. The number of hydrogen-bond donors (Lipinski definition) is 2. The molecule has 0 aliphatic carbocycles. The molecule has 2 heterocycles. The van der Waals surface area contributed by atoms with Crippen LogP contribution in [0, 0.1) is 6.92 Å². The van der Waals surface area contributed by atoms with Gasteiger partial charge in [0.2, 0.25) is 0 Å². The van der Waals surface area contributed by atoms with Crippen molar-refractivity contribution in [2.75, 3.05) is 31.6 Å². The molecule has 2 aromatic rings. The van der Waals surface area contributed by atoms with Crippen molar-refractivity contribution < 1.29 is 4.74 Å². The molecule has 1 fully saturated rings. The molecule has 0 unspecified atom stereocenters. The van der Waals surface area contributed by atoms with Crippen molar-refractivity contribution in [3.8, 4) is 0 Å². The van der Waals surface area contributed by atoms with Crippen LogP contribution in [-0.4, -0.2) is 42.5 Å². The van der Waals surface area contributed by atoms with Crippen LogP contribution in [0.1, 0.15) is 18.5 Å². The van der Waals surface area contributed by atoms with Gasteiger partial charge in [-0.3, -0.25) is 0 Å². The van der Waals surface area contributed by atoms with Crippen molar-refractivity contribution in [3.05, 3.63) is 30.0 Å². The summed E-state index contributed by atoms with van der Waals surface area (Å²) in [6, 6.07) is 8.21.